The number of nitrogens with zero attached hydrogens (tertiary/aromatic N) is 1. The first-order valence-corrected chi connectivity index (χ1v) is 6.59. The van der Waals surface area contributed by atoms with Crippen LogP contribution in [0.5, 0.6) is 0 Å². The van der Waals surface area contributed by atoms with Gasteiger partial charge in [0.1, 0.15) is 0 Å². The van der Waals surface area contributed by atoms with Crippen LogP contribution in [0.15, 0.2) is 41.0 Å². The molecule has 1 nitrogen and oxygen atoms in total. The van der Waals surface area contributed by atoms with Gasteiger partial charge in [0.15, 0.2) is 0 Å². The summed E-state index contributed by atoms with van der Waals surface area (Å²) in [6.07, 6.45) is 7.28. The maximum atomic E-state index is 3.68. The molecule has 3 rings (SSSR count). The molecule has 0 unspecified atom stereocenters. The standard InChI is InChI=1S/C14H14BrN/c15-13-10-16(11-6-2-1-3-7-11)14-9-5-4-8-12(13)14/h1-3,6-7,10H,4-5,8-9H2. The lowest BCUT2D eigenvalue weighted by molar-refractivity contribution is 0.662. The van der Waals surface area contributed by atoms with Gasteiger partial charge in [-0.2, -0.15) is 0 Å². The number of rotatable bonds is 1. The van der Waals surface area contributed by atoms with Crippen LogP contribution in [0.25, 0.3) is 5.69 Å². The number of hydrogen-bond acceptors (Lipinski definition) is 0. The number of benzene rings is 1. The molecule has 0 aliphatic heterocycles. The third kappa shape index (κ3) is 1.61. The summed E-state index contributed by atoms with van der Waals surface area (Å²) in [4.78, 5) is 0. The monoisotopic (exact) mass is 275 g/mol. The fourth-order valence-corrected chi connectivity index (χ4v) is 3.13. The van der Waals surface area contributed by atoms with E-state index in [1.807, 2.05) is 0 Å². The maximum Gasteiger partial charge on any atom is 0.0452 e. The van der Waals surface area contributed by atoms with Crippen molar-refractivity contribution in [1.29, 1.82) is 0 Å². The molecule has 0 saturated heterocycles. The second kappa shape index (κ2) is 4.10. The molecule has 16 heavy (non-hydrogen) atoms. The van der Waals surface area contributed by atoms with Crippen LogP contribution >= 0.6 is 15.9 Å². The van der Waals surface area contributed by atoms with Gasteiger partial charge in [-0.3, -0.25) is 0 Å². The van der Waals surface area contributed by atoms with E-state index in [0.29, 0.717) is 0 Å². The Labute approximate surface area is 104 Å². The summed E-state index contributed by atoms with van der Waals surface area (Å²) in [5, 5.41) is 0. The molecule has 1 aliphatic rings. The van der Waals surface area contributed by atoms with Crippen molar-refractivity contribution in [3.63, 3.8) is 0 Å². The van der Waals surface area contributed by atoms with Gasteiger partial charge in [-0.05, 0) is 59.3 Å². The van der Waals surface area contributed by atoms with Crippen LogP contribution in [0, 0.1) is 0 Å². The molecule has 2 aromatic rings. The second-order valence-electron chi connectivity index (χ2n) is 4.31. The quantitative estimate of drug-likeness (QED) is 0.738. The van der Waals surface area contributed by atoms with E-state index in [2.05, 4.69) is 57.0 Å². The summed E-state index contributed by atoms with van der Waals surface area (Å²) in [6, 6.07) is 10.6. The number of para-hydroxylation sites is 1. The second-order valence-corrected chi connectivity index (χ2v) is 5.17. The zero-order valence-corrected chi connectivity index (χ0v) is 10.7. The van der Waals surface area contributed by atoms with Gasteiger partial charge < -0.3 is 4.57 Å². The van der Waals surface area contributed by atoms with E-state index < -0.39 is 0 Å². The van der Waals surface area contributed by atoms with Crippen molar-refractivity contribution in [3.05, 3.63) is 52.3 Å². The van der Waals surface area contributed by atoms with Crippen molar-refractivity contribution < 1.29 is 0 Å². The summed E-state index contributed by atoms with van der Waals surface area (Å²) >= 11 is 3.68. The minimum Gasteiger partial charge on any atom is -0.319 e. The normalized spacial score (nSPS) is 14.8. The Hall–Kier alpha value is -1.02. The molecule has 1 aromatic heterocycles. The maximum absolute atomic E-state index is 3.68. The number of fused-ring (bicyclic) bond motifs is 1. The fraction of sp³-hybridized carbons (Fsp3) is 0.286. The zero-order chi connectivity index (χ0) is 11.0. The lowest BCUT2D eigenvalue weighted by Crippen LogP contribution is -2.06. The molecule has 0 amide bonds. The molecular formula is C14H14BrN. The molecule has 1 aliphatic carbocycles. The number of hydrogen-bond donors (Lipinski definition) is 0. The van der Waals surface area contributed by atoms with Crippen LogP contribution in [0.1, 0.15) is 24.1 Å². The molecular weight excluding hydrogens is 262 g/mol. The third-order valence-electron chi connectivity index (χ3n) is 3.29. The van der Waals surface area contributed by atoms with Gasteiger partial charge in [-0.25, -0.2) is 0 Å². The first-order chi connectivity index (χ1) is 7.86. The third-order valence-corrected chi connectivity index (χ3v) is 3.98. The fourth-order valence-electron chi connectivity index (χ4n) is 2.50. The minimum atomic E-state index is 1.20. The molecule has 1 heterocycles. The highest BCUT2D eigenvalue weighted by molar-refractivity contribution is 9.10. The Morgan fingerprint density at radius 2 is 1.75 bits per heavy atom. The van der Waals surface area contributed by atoms with Gasteiger partial charge in [0.25, 0.3) is 0 Å². The Bertz CT molecular complexity index is 499. The first kappa shape index (κ1) is 10.2. The van der Waals surface area contributed by atoms with Crippen LogP contribution in [-0.2, 0) is 12.8 Å². The van der Waals surface area contributed by atoms with E-state index >= 15 is 0 Å². The lowest BCUT2D eigenvalue weighted by atomic mass is 9.98. The predicted octanol–water partition coefficient (Wildman–Crippen LogP) is 4.12. The Morgan fingerprint density at radius 1 is 1.00 bits per heavy atom. The van der Waals surface area contributed by atoms with Crippen LogP contribution in [0.3, 0.4) is 0 Å². The summed E-state index contributed by atoms with van der Waals surface area (Å²) < 4.78 is 3.60. The molecule has 0 bridgehead atoms. The summed E-state index contributed by atoms with van der Waals surface area (Å²) in [5.41, 5.74) is 4.27. The summed E-state index contributed by atoms with van der Waals surface area (Å²) in [5.74, 6) is 0. The SMILES string of the molecule is Brc1cn(-c2ccccc2)c2c1CCCC2. The topological polar surface area (TPSA) is 4.93 Å². The minimum absolute atomic E-state index is 1.20. The van der Waals surface area contributed by atoms with Gasteiger partial charge in [-0.1, -0.05) is 18.2 Å². The summed E-state index contributed by atoms with van der Waals surface area (Å²) in [6.45, 7) is 0. The smallest absolute Gasteiger partial charge is 0.0452 e. The molecule has 2 heteroatoms. The highest BCUT2D eigenvalue weighted by Gasteiger charge is 2.18. The summed E-state index contributed by atoms with van der Waals surface area (Å²) in [7, 11) is 0. The Kier molecular flexibility index (Phi) is 2.60. The van der Waals surface area contributed by atoms with E-state index in [1.54, 1.807) is 0 Å². The van der Waals surface area contributed by atoms with Crippen molar-refractivity contribution >= 4 is 15.9 Å². The van der Waals surface area contributed by atoms with Crippen molar-refractivity contribution in [3.8, 4) is 5.69 Å². The molecule has 0 fully saturated rings. The van der Waals surface area contributed by atoms with E-state index in [0.717, 1.165) is 0 Å². The van der Waals surface area contributed by atoms with Gasteiger partial charge >= 0.3 is 0 Å². The molecule has 0 saturated carbocycles. The van der Waals surface area contributed by atoms with Crippen LogP contribution in [0.2, 0.25) is 0 Å². The molecule has 0 spiro atoms. The number of aromatic nitrogens is 1. The van der Waals surface area contributed by atoms with Gasteiger partial charge in [0.2, 0.25) is 0 Å². The zero-order valence-electron chi connectivity index (χ0n) is 9.12. The molecule has 0 radical (unpaired) electrons. The predicted molar refractivity (Wildman–Crippen MR) is 70.1 cm³/mol. The van der Waals surface area contributed by atoms with Gasteiger partial charge in [0.05, 0.1) is 0 Å². The van der Waals surface area contributed by atoms with E-state index in [4.69, 9.17) is 0 Å². The first-order valence-electron chi connectivity index (χ1n) is 5.80. The van der Waals surface area contributed by atoms with E-state index in [9.17, 15) is 0 Å². The van der Waals surface area contributed by atoms with Gasteiger partial charge in [-0.15, -0.1) is 0 Å². The van der Waals surface area contributed by atoms with Crippen molar-refractivity contribution in [2.45, 2.75) is 25.7 Å². The highest BCUT2D eigenvalue weighted by Crippen LogP contribution is 2.31. The highest BCUT2D eigenvalue weighted by atomic mass is 79.9. The van der Waals surface area contributed by atoms with Crippen LogP contribution in [0.4, 0.5) is 0 Å². The van der Waals surface area contributed by atoms with E-state index in [1.165, 1.54) is 47.1 Å². The number of halogens is 1. The average Bonchev–Trinajstić information content (AvgIpc) is 2.69. The largest absolute Gasteiger partial charge is 0.319 e. The molecule has 82 valence electrons. The molecule has 1 aromatic carbocycles. The lowest BCUT2D eigenvalue weighted by Gasteiger charge is -2.15. The average molecular weight is 276 g/mol. The Balaban J connectivity index is 2.15. The molecule has 0 N–H and O–H groups in total. The van der Waals surface area contributed by atoms with Crippen molar-refractivity contribution in [1.82, 2.24) is 4.57 Å². The van der Waals surface area contributed by atoms with Crippen molar-refractivity contribution in [2.75, 3.05) is 0 Å². The van der Waals surface area contributed by atoms with Gasteiger partial charge in [0, 0.05) is 22.1 Å². The Morgan fingerprint density at radius 3 is 2.56 bits per heavy atom. The molecule has 0 atom stereocenters. The van der Waals surface area contributed by atoms with Crippen molar-refractivity contribution in [2.24, 2.45) is 0 Å². The van der Waals surface area contributed by atoms with E-state index in [-0.39, 0.29) is 0 Å². The van der Waals surface area contributed by atoms with Crippen LogP contribution in [-0.4, -0.2) is 4.57 Å². The van der Waals surface area contributed by atoms with Crippen LogP contribution < -0.4 is 0 Å².